The fourth-order valence-corrected chi connectivity index (χ4v) is 14.3. The van der Waals surface area contributed by atoms with Crippen molar-refractivity contribution in [2.45, 2.75) is 109 Å². The molecule has 0 spiro atoms. The Bertz CT molecular complexity index is 4950. The molecular formula is C82H86N16O8. The van der Waals surface area contributed by atoms with Crippen molar-refractivity contribution in [3.05, 3.63) is 241 Å². The molecule has 0 aliphatic heterocycles. The molecule has 24 heteroatoms. The second-order valence-electron chi connectivity index (χ2n) is 27.3. The average Bonchev–Trinajstić information content (AvgIpc) is 1.67. The highest BCUT2D eigenvalue weighted by atomic mass is 16.2. The summed E-state index contributed by atoms with van der Waals surface area (Å²) in [6.45, 7) is 5.74. The molecule has 3 fully saturated rings. The third-order valence-corrected chi connectivity index (χ3v) is 20.3. The van der Waals surface area contributed by atoms with E-state index in [4.69, 9.17) is 21.4 Å². The summed E-state index contributed by atoms with van der Waals surface area (Å²) in [5.41, 5.74) is 20.1. The number of nitrogens with zero attached hydrogens (tertiary/aromatic N) is 11. The number of benzene rings is 5. The number of anilines is 4. The maximum Gasteiger partial charge on any atom is 0.259 e. The maximum absolute atomic E-state index is 13.7. The minimum Gasteiger partial charge on any atom is -0.369 e. The maximum atomic E-state index is 13.7. The minimum absolute atomic E-state index is 0.000936. The predicted octanol–water partition coefficient (Wildman–Crippen LogP) is 12.8. The number of hydrogen-bond acceptors (Lipinski definition) is 14. The van der Waals surface area contributed by atoms with Crippen LogP contribution in [0.2, 0.25) is 0 Å². The number of fused-ring (bicyclic) bond motifs is 3. The van der Waals surface area contributed by atoms with Gasteiger partial charge < -0.3 is 40.3 Å². The SMILES string of the molecule is C=CCN(C(=O)c1ccc2c(c1)nc(CC(=O)c1cccnc1)n2CC1CCC(C(N)=O)CC1)C1CCCCC1.CN(C(=O)c1ccc2c(c1)nc(NC(=O)c1cccnc1)n2CC1CCC(C(N)=O)CC1)c1ccccc1.CN(C(=O)c1ccc2nc(NC(=O)c3cccnc3)[nH]c2c1)c1ccccc1. The molecule has 6 heterocycles. The van der Waals surface area contributed by atoms with E-state index in [0.717, 1.165) is 99.5 Å². The highest BCUT2D eigenvalue weighted by molar-refractivity contribution is 6.09. The zero-order chi connectivity index (χ0) is 74.2. The number of imidazole rings is 3. The fourth-order valence-electron chi connectivity index (χ4n) is 14.3. The van der Waals surface area contributed by atoms with Crippen molar-refractivity contribution in [3.63, 3.8) is 0 Å². The molecule has 0 atom stereocenters. The summed E-state index contributed by atoms with van der Waals surface area (Å²) in [4.78, 5) is 136. The van der Waals surface area contributed by atoms with Crippen molar-refractivity contribution >= 4 is 104 Å². The lowest BCUT2D eigenvalue weighted by molar-refractivity contribution is -0.123. The molecule has 106 heavy (non-hydrogen) atoms. The number of nitrogens with two attached hydrogens (primary N) is 2. The Labute approximate surface area is 613 Å². The first-order chi connectivity index (χ1) is 51.5. The van der Waals surface area contributed by atoms with Gasteiger partial charge >= 0.3 is 0 Å². The number of para-hydroxylation sites is 2. The van der Waals surface area contributed by atoms with Crippen LogP contribution in [0.15, 0.2) is 201 Å². The van der Waals surface area contributed by atoms with Crippen molar-refractivity contribution in [3.8, 4) is 0 Å². The van der Waals surface area contributed by atoms with Gasteiger partial charge in [-0.05, 0) is 191 Å². The molecule has 3 aliphatic carbocycles. The predicted molar refractivity (Wildman–Crippen MR) is 408 cm³/mol. The number of carbonyl (C=O) groups is 8. The van der Waals surface area contributed by atoms with Gasteiger partial charge in [0.15, 0.2) is 5.78 Å². The van der Waals surface area contributed by atoms with Crippen LogP contribution in [0.4, 0.5) is 23.3 Å². The van der Waals surface area contributed by atoms with E-state index in [1.807, 2.05) is 94.4 Å². The van der Waals surface area contributed by atoms with Crippen molar-refractivity contribution in [1.29, 1.82) is 0 Å². The van der Waals surface area contributed by atoms with Crippen molar-refractivity contribution < 1.29 is 38.4 Å². The van der Waals surface area contributed by atoms with Gasteiger partial charge in [0.1, 0.15) is 5.82 Å². The van der Waals surface area contributed by atoms with Crippen LogP contribution in [-0.2, 0) is 29.1 Å². The first kappa shape index (κ1) is 73.4. The standard InChI is InChI=1S/C32H39N5O3.C29H30N6O3.C21H17N5O2/c1-2-17-36(26-8-4-3-5-9-26)32(40)24-14-15-28-27(18-24)35-30(19-29(38)25-7-6-16-34-20-25)37(28)21-22-10-12-23(13-11-22)31(33)39;1-34(23-7-3-2-4-8-23)28(38)21-13-14-25-24(16-21)32-29(33-27(37)22-6-5-15-31-17-22)35(25)18-19-9-11-20(12-10-19)26(30)36;1-26(16-7-3-2-4-8-16)20(28)14-9-10-17-18(12-14)24-21(23-17)25-19(27)15-6-5-11-22-13-15/h2,6-7,14-16,18,20,22-23,26H,1,3-5,8-13,17,19,21H2,(H2,33,39);2-8,13-17,19-20H,9-12,18H2,1H3,(H2,30,36)(H,32,33,37);2-13H,1H3,(H2,23,24,25,27). The first-order valence-corrected chi connectivity index (χ1v) is 36.0. The lowest BCUT2D eigenvalue weighted by atomic mass is 9.81. The Balaban J connectivity index is 0.000000151. The molecule has 3 aliphatic rings. The van der Waals surface area contributed by atoms with E-state index in [1.165, 1.54) is 18.8 Å². The van der Waals surface area contributed by atoms with Gasteiger partial charge in [-0.25, -0.2) is 15.0 Å². The molecule has 0 unspecified atom stereocenters. The number of H-pyrrole nitrogens is 1. The number of carbonyl (C=O) groups excluding carboxylic acids is 8. The van der Waals surface area contributed by atoms with E-state index in [1.54, 1.807) is 121 Å². The summed E-state index contributed by atoms with van der Waals surface area (Å²) in [5, 5.41) is 5.64. The summed E-state index contributed by atoms with van der Waals surface area (Å²) < 4.78 is 4.13. The summed E-state index contributed by atoms with van der Waals surface area (Å²) in [6, 6.07) is 45.7. The number of primary amides is 2. The third kappa shape index (κ3) is 17.8. The summed E-state index contributed by atoms with van der Waals surface area (Å²) in [5.74, 6) is 0.513. The fraction of sp³-hybridized carbons (Fsp3) is 0.293. The van der Waals surface area contributed by atoms with Gasteiger partial charge in [-0.15, -0.1) is 6.58 Å². The number of aromatic nitrogens is 9. The molecule has 7 N–H and O–H groups in total. The first-order valence-electron chi connectivity index (χ1n) is 36.0. The van der Waals surface area contributed by atoms with Crippen LogP contribution in [0.3, 0.4) is 0 Å². The Morgan fingerprint density at radius 3 is 1.50 bits per heavy atom. The Kier molecular flexibility index (Phi) is 23.8. The molecular weight excluding hydrogens is 1340 g/mol. The number of ketones is 1. The summed E-state index contributed by atoms with van der Waals surface area (Å²) in [7, 11) is 3.47. The number of aromatic amines is 1. The van der Waals surface area contributed by atoms with E-state index in [9.17, 15) is 38.4 Å². The Morgan fingerprint density at radius 1 is 0.500 bits per heavy atom. The highest BCUT2D eigenvalue weighted by Crippen LogP contribution is 2.35. The van der Waals surface area contributed by atoms with Gasteiger partial charge in [0, 0.05) is 122 Å². The van der Waals surface area contributed by atoms with E-state index >= 15 is 0 Å². The molecule has 7 amide bonds. The normalized spacial score (nSPS) is 16.4. The zero-order valence-electron chi connectivity index (χ0n) is 59.4. The van der Waals surface area contributed by atoms with Crippen LogP contribution in [0.25, 0.3) is 33.1 Å². The molecule has 14 rings (SSSR count). The molecule has 11 aromatic rings. The number of rotatable bonds is 21. The lowest BCUT2D eigenvalue weighted by Gasteiger charge is -2.33. The van der Waals surface area contributed by atoms with Gasteiger partial charge in [0.25, 0.3) is 29.5 Å². The largest absolute Gasteiger partial charge is 0.369 e. The molecule has 5 aromatic carbocycles. The van der Waals surface area contributed by atoms with Crippen LogP contribution >= 0.6 is 0 Å². The van der Waals surface area contributed by atoms with Crippen LogP contribution in [0.5, 0.6) is 0 Å². The second kappa shape index (κ2) is 34.3. The van der Waals surface area contributed by atoms with E-state index in [-0.39, 0.29) is 71.4 Å². The Hall–Kier alpha value is -12.3. The van der Waals surface area contributed by atoms with Gasteiger partial charge in [-0.1, -0.05) is 61.7 Å². The third-order valence-electron chi connectivity index (χ3n) is 20.3. The Morgan fingerprint density at radius 2 is 0.981 bits per heavy atom. The molecule has 542 valence electrons. The topological polar surface area (TPSA) is 325 Å². The van der Waals surface area contributed by atoms with Crippen LogP contribution in [-0.4, -0.2) is 123 Å². The molecule has 0 bridgehead atoms. The molecule has 3 saturated carbocycles. The molecule has 24 nitrogen and oxygen atoms in total. The number of amides is 7. The van der Waals surface area contributed by atoms with Crippen molar-refractivity contribution in [1.82, 2.24) is 48.9 Å². The number of nitrogens with one attached hydrogen (secondary N) is 3. The van der Waals surface area contributed by atoms with Gasteiger partial charge in [0.2, 0.25) is 23.7 Å². The van der Waals surface area contributed by atoms with E-state index < -0.39 is 0 Å². The van der Waals surface area contributed by atoms with E-state index in [0.29, 0.717) is 105 Å². The quantitative estimate of drug-likeness (QED) is 0.0330. The summed E-state index contributed by atoms with van der Waals surface area (Å²) in [6.07, 6.45) is 23.5. The van der Waals surface area contributed by atoms with Gasteiger partial charge in [-0.3, -0.25) is 63.9 Å². The number of hydrogen-bond donors (Lipinski definition) is 5. The molecule has 0 radical (unpaired) electrons. The number of pyridine rings is 3. The molecule has 6 aromatic heterocycles. The van der Waals surface area contributed by atoms with Crippen LogP contribution in [0, 0.1) is 23.7 Å². The monoisotopic (exact) mass is 1420 g/mol. The van der Waals surface area contributed by atoms with Crippen LogP contribution in [0.1, 0.15) is 151 Å². The smallest absolute Gasteiger partial charge is 0.259 e. The van der Waals surface area contributed by atoms with Crippen molar-refractivity contribution in [2.75, 3.05) is 41.1 Å². The lowest BCUT2D eigenvalue weighted by Crippen LogP contribution is -2.41. The second-order valence-corrected chi connectivity index (χ2v) is 27.3. The minimum atomic E-state index is -0.313. The van der Waals surface area contributed by atoms with Crippen molar-refractivity contribution in [2.24, 2.45) is 35.1 Å². The average molecular weight is 1420 g/mol. The van der Waals surface area contributed by atoms with E-state index in [2.05, 4.69) is 46.7 Å². The van der Waals surface area contributed by atoms with Gasteiger partial charge in [0.05, 0.1) is 50.6 Å². The number of Topliss-reactive ketones (excluding diaryl/α,β-unsaturated/α-hetero) is 1. The zero-order valence-corrected chi connectivity index (χ0v) is 59.4. The summed E-state index contributed by atoms with van der Waals surface area (Å²) >= 11 is 0. The van der Waals surface area contributed by atoms with Crippen LogP contribution < -0.4 is 31.9 Å². The molecule has 0 saturated heterocycles. The highest BCUT2D eigenvalue weighted by Gasteiger charge is 2.31. The van der Waals surface area contributed by atoms with Gasteiger partial charge in [-0.2, -0.15) is 0 Å².